The molecule has 1 saturated carbocycles. The summed E-state index contributed by atoms with van der Waals surface area (Å²) >= 11 is 6.13. The number of carbonyl (C=O) groups excluding carboxylic acids is 2. The standard InChI is InChI=1S/C21H21ClN4O2/c1-13(23-21(28)15-6-2-3-7-16(15)22)20-25-17-8-4-5-9-18(17)26(20)12-19(27)24-14-10-11-14/h2-9,13-14H,10-12H2,1H3,(H,23,28)(H,24,27). The van der Waals surface area contributed by atoms with E-state index < -0.39 is 6.04 Å². The summed E-state index contributed by atoms with van der Waals surface area (Å²) in [7, 11) is 0. The Bertz CT molecular complexity index is 1040. The molecule has 0 bridgehead atoms. The van der Waals surface area contributed by atoms with Crippen molar-refractivity contribution in [2.24, 2.45) is 0 Å². The van der Waals surface area contributed by atoms with Crippen LogP contribution in [0, 0.1) is 0 Å². The lowest BCUT2D eigenvalue weighted by Gasteiger charge is -2.16. The third-order valence-electron chi connectivity index (χ3n) is 4.78. The SMILES string of the molecule is CC(NC(=O)c1ccccc1Cl)c1nc2ccccc2n1CC(=O)NC1CC1. The van der Waals surface area contributed by atoms with Crippen molar-refractivity contribution in [2.75, 3.05) is 0 Å². The highest BCUT2D eigenvalue weighted by atomic mass is 35.5. The van der Waals surface area contributed by atoms with E-state index in [1.165, 1.54) is 0 Å². The highest BCUT2D eigenvalue weighted by Gasteiger charge is 2.25. The Hall–Kier alpha value is -2.86. The molecule has 1 aliphatic carbocycles. The van der Waals surface area contributed by atoms with Crippen LogP contribution in [0.5, 0.6) is 0 Å². The third kappa shape index (κ3) is 3.87. The highest BCUT2D eigenvalue weighted by molar-refractivity contribution is 6.33. The number of benzene rings is 2. The third-order valence-corrected chi connectivity index (χ3v) is 5.11. The Balaban J connectivity index is 1.61. The summed E-state index contributed by atoms with van der Waals surface area (Å²) in [4.78, 5) is 29.7. The van der Waals surface area contributed by atoms with Gasteiger partial charge in [0.25, 0.3) is 5.91 Å². The lowest BCUT2D eigenvalue weighted by molar-refractivity contribution is -0.121. The van der Waals surface area contributed by atoms with E-state index in [-0.39, 0.29) is 18.4 Å². The molecular formula is C21H21ClN4O2. The van der Waals surface area contributed by atoms with E-state index in [4.69, 9.17) is 11.6 Å². The molecule has 0 aliphatic heterocycles. The fourth-order valence-corrected chi connectivity index (χ4v) is 3.44. The van der Waals surface area contributed by atoms with Crippen molar-refractivity contribution in [1.29, 1.82) is 0 Å². The minimum Gasteiger partial charge on any atom is -0.352 e. The number of rotatable bonds is 6. The molecule has 2 N–H and O–H groups in total. The van der Waals surface area contributed by atoms with Gasteiger partial charge in [-0.3, -0.25) is 9.59 Å². The predicted octanol–water partition coefficient (Wildman–Crippen LogP) is 3.46. The van der Waals surface area contributed by atoms with Gasteiger partial charge in [-0.25, -0.2) is 4.98 Å². The quantitative estimate of drug-likeness (QED) is 0.670. The van der Waals surface area contributed by atoms with Crippen molar-refractivity contribution < 1.29 is 9.59 Å². The summed E-state index contributed by atoms with van der Waals surface area (Å²) in [6.07, 6.45) is 2.07. The summed E-state index contributed by atoms with van der Waals surface area (Å²) in [5.41, 5.74) is 2.06. The van der Waals surface area contributed by atoms with Crippen LogP contribution in [-0.2, 0) is 11.3 Å². The van der Waals surface area contributed by atoms with Crippen LogP contribution in [0.3, 0.4) is 0 Å². The first-order chi connectivity index (χ1) is 13.5. The number of amides is 2. The molecule has 28 heavy (non-hydrogen) atoms. The second-order valence-corrected chi connectivity index (χ2v) is 7.47. The molecule has 6 nitrogen and oxygen atoms in total. The number of aromatic nitrogens is 2. The Morgan fingerprint density at radius 3 is 2.64 bits per heavy atom. The van der Waals surface area contributed by atoms with Gasteiger partial charge < -0.3 is 15.2 Å². The maximum Gasteiger partial charge on any atom is 0.253 e. The number of para-hydroxylation sites is 2. The molecule has 0 saturated heterocycles. The first kappa shape index (κ1) is 18.5. The minimum absolute atomic E-state index is 0.0449. The molecule has 1 aromatic heterocycles. The van der Waals surface area contributed by atoms with Crippen molar-refractivity contribution in [2.45, 2.75) is 38.4 Å². The average molecular weight is 397 g/mol. The number of nitrogens with zero attached hydrogens (tertiary/aromatic N) is 2. The van der Waals surface area contributed by atoms with Crippen LogP contribution in [-0.4, -0.2) is 27.4 Å². The zero-order valence-electron chi connectivity index (χ0n) is 15.5. The average Bonchev–Trinajstić information content (AvgIpc) is 3.41. The number of imidazole rings is 1. The van der Waals surface area contributed by atoms with Gasteiger partial charge in [-0.05, 0) is 44.0 Å². The highest BCUT2D eigenvalue weighted by Crippen LogP contribution is 2.23. The molecule has 7 heteroatoms. The molecule has 3 aromatic rings. The first-order valence-corrected chi connectivity index (χ1v) is 9.70. The molecule has 1 fully saturated rings. The van der Waals surface area contributed by atoms with Gasteiger partial charge in [0.05, 0.1) is 27.7 Å². The summed E-state index contributed by atoms with van der Waals surface area (Å²) in [6, 6.07) is 14.4. The van der Waals surface area contributed by atoms with Crippen molar-refractivity contribution in [3.05, 3.63) is 64.9 Å². The van der Waals surface area contributed by atoms with E-state index in [1.54, 1.807) is 24.3 Å². The fraction of sp³-hybridized carbons (Fsp3) is 0.286. The largest absolute Gasteiger partial charge is 0.352 e. The molecular weight excluding hydrogens is 376 g/mol. The van der Waals surface area contributed by atoms with E-state index in [2.05, 4.69) is 15.6 Å². The summed E-state index contributed by atoms with van der Waals surface area (Å²) in [5, 5.41) is 6.34. The molecule has 0 radical (unpaired) electrons. The van der Waals surface area contributed by atoms with Crippen LogP contribution in [0.1, 0.15) is 42.0 Å². The van der Waals surface area contributed by atoms with Crippen LogP contribution in [0.15, 0.2) is 48.5 Å². The van der Waals surface area contributed by atoms with Gasteiger partial charge in [0.2, 0.25) is 5.91 Å². The number of nitrogens with one attached hydrogen (secondary N) is 2. The van der Waals surface area contributed by atoms with Gasteiger partial charge in [0.15, 0.2) is 0 Å². The van der Waals surface area contributed by atoms with Crippen molar-refractivity contribution in [1.82, 2.24) is 20.2 Å². The monoisotopic (exact) mass is 396 g/mol. The molecule has 144 valence electrons. The fourth-order valence-electron chi connectivity index (χ4n) is 3.22. The van der Waals surface area contributed by atoms with Crippen LogP contribution in [0.4, 0.5) is 0 Å². The normalized spacial score (nSPS) is 14.6. The van der Waals surface area contributed by atoms with Crippen molar-refractivity contribution in [3.63, 3.8) is 0 Å². The number of carbonyl (C=O) groups is 2. The predicted molar refractivity (Wildman–Crippen MR) is 108 cm³/mol. The van der Waals surface area contributed by atoms with E-state index in [0.717, 1.165) is 23.9 Å². The minimum atomic E-state index is -0.398. The lowest BCUT2D eigenvalue weighted by Crippen LogP contribution is -2.32. The van der Waals surface area contributed by atoms with E-state index in [9.17, 15) is 9.59 Å². The molecule has 4 rings (SSSR count). The summed E-state index contributed by atoms with van der Waals surface area (Å²) < 4.78 is 1.87. The molecule has 1 aliphatic rings. The van der Waals surface area contributed by atoms with Gasteiger partial charge in [-0.2, -0.15) is 0 Å². The van der Waals surface area contributed by atoms with Crippen molar-refractivity contribution in [3.8, 4) is 0 Å². The van der Waals surface area contributed by atoms with E-state index in [1.807, 2.05) is 35.8 Å². The number of fused-ring (bicyclic) bond motifs is 1. The lowest BCUT2D eigenvalue weighted by atomic mass is 10.2. The second kappa shape index (κ2) is 7.64. The van der Waals surface area contributed by atoms with Gasteiger partial charge in [0, 0.05) is 6.04 Å². The Morgan fingerprint density at radius 1 is 1.18 bits per heavy atom. The van der Waals surface area contributed by atoms with Crippen molar-refractivity contribution >= 4 is 34.4 Å². The summed E-state index contributed by atoms with van der Waals surface area (Å²) in [5.74, 6) is 0.309. The van der Waals surface area contributed by atoms with Gasteiger partial charge in [0.1, 0.15) is 12.4 Å². The molecule has 2 amide bonds. The topological polar surface area (TPSA) is 76.0 Å². The number of halogens is 1. The van der Waals surface area contributed by atoms with Gasteiger partial charge in [-0.1, -0.05) is 35.9 Å². The van der Waals surface area contributed by atoms with Crippen LogP contribution < -0.4 is 10.6 Å². The number of hydrogen-bond donors (Lipinski definition) is 2. The molecule has 1 unspecified atom stereocenters. The van der Waals surface area contributed by atoms with E-state index >= 15 is 0 Å². The number of hydrogen-bond acceptors (Lipinski definition) is 3. The first-order valence-electron chi connectivity index (χ1n) is 9.33. The van der Waals surface area contributed by atoms with Crippen LogP contribution >= 0.6 is 11.6 Å². The summed E-state index contributed by atoms with van der Waals surface area (Å²) in [6.45, 7) is 2.02. The Kier molecular flexibility index (Phi) is 5.05. The van der Waals surface area contributed by atoms with E-state index in [0.29, 0.717) is 22.5 Å². The Labute approximate surface area is 167 Å². The Morgan fingerprint density at radius 2 is 1.89 bits per heavy atom. The molecule has 0 spiro atoms. The molecule has 1 atom stereocenters. The maximum atomic E-state index is 12.6. The molecule has 1 heterocycles. The van der Waals surface area contributed by atoms with Gasteiger partial charge in [-0.15, -0.1) is 0 Å². The molecule has 2 aromatic carbocycles. The smallest absolute Gasteiger partial charge is 0.253 e. The maximum absolute atomic E-state index is 12.6. The zero-order chi connectivity index (χ0) is 19.7. The second-order valence-electron chi connectivity index (χ2n) is 7.06. The van der Waals surface area contributed by atoms with Gasteiger partial charge >= 0.3 is 0 Å². The zero-order valence-corrected chi connectivity index (χ0v) is 16.2. The van der Waals surface area contributed by atoms with Crippen LogP contribution in [0.25, 0.3) is 11.0 Å². The van der Waals surface area contributed by atoms with Crippen LogP contribution in [0.2, 0.25) is 5.02 Å².